The summed E-state index contributed by atoms with van der Waals surface area (Å²) < 4.78 is 16.4. The monoisotopic (exact) mass is 446 g/mol. The zero-order chi connectivity index (χ0) is 22.8. The van der Waals surface area contributed by atoms with Crippen LogP contribution in [0.5, 0.6) is 11.5 Å². The van der Waals surface area contributed by atoms with Gasteiger partial charge in [0.15, 0.2) is 5.75 Å². The van der Waals surface area contributed by atoms with Crippen LogP contribution in [0.15, 0.2) is 12.1 Å². The predicted octanol–water partition coefficient (Wildman–Crippen LogP) is 1.99. The molecule has 5 aliphatic rings. The molecular weight excluding hydrogens is 420 g/mol. The Balaban J connectivity index is 1.30. The Morgan fingerprint density at radius 2 is 2.12 bits per heavy atom. The highest BCUT2D eigenvalue weighted by Crippen LogP contribution is 2.65. The third-order valence-corrected chi connectivity index (χ3v) is 7.60. The van der Waals surface area contributed by atoms with E-state index in [0.717, 1.165) is 26.4 Å². The minimum Gasteiger partial charge on any atom is -0.506 e. The van der Waals surface area contributed by atoms with Crippen LogP contribution in [-0.4, -0.2) is 71.1 Å². The SMILES string of the molecule is COC(=O)c1ccc(O)c(NC(=O)CCN2C(=O)OC[C@]34C[C@H]5C[C@H](O[C@@]5(C)C3)[C@@H]24)c1O. The van der Waals surface area contributed by atoms with E-state index in [2.05, 4.69) is 17.0 Å². The minimum absolute atomic E-state index is 0.0618. The van der Waals surface area contributed by atoms with Gasteiger partial charge < -0.3 is 34.6 Å². The zero-order valence-corrected chi connectivity index (χ0v) is 17.9. The molecule has 0 radical (unpaired) electrons. The molecule has 172 valence electrons. The molecule has 0 aromatic heterocycles. The van der Waals surface area contributed by atoms with Gasteiger partial charge in [0.2, 0.25) is 5.91 Å². The molecule has 2 amide bonds. The molecule has 32 heavy (non-hydrogen) atoms. The van der Waals surface area contributed by atoms with E-state index in [1.807, 2.05) is 0 Å². The second kappa shape index (κ2) is 6.99. The second-order valence-corrected chi connectivity index (χ2v) is 9.48. The number of ether oxygens (including phenoxy) is 3. The van der Waals surface area contributed by atoms with Crippen LogP contribution in [0, 0.1) is 11.3 Å². The van der Waals surface area contributed by atoms with E-state index < -0.39 is 29.5 Å². The quantitative estimate of drug-likeness (QED) is 0.462. The van der Waals surface area contributed by atoms with Crippen molar-refractivity contribution < 1.29 is 38.8 Å². The fourth-order valence-electron chi connectivity index (χ4n) is 6.34. The average Bonchev–Trinajstić information content (AvgIpc) is 3.12. The molecule has 6 rings (SSSR count). The van der Waals surface area contributed by atoms with Gasteiger partial charge in [-0.3, -0.25) is 4.79 Å². The number of rotatable bonds is 5. The van der Waals surface area contributed by atoms with Gasteiger partial charge >= 0.3 is 12.1 Å². The first kappa shape index (κ1) is 20.9. The lowest BCUT2D eigenvalue weighted by atomic mass is 9.69. The van der Waals surface area contributed by atoms with Gasteiger partial charge in [0.1, 0.15) is 23.6 Å². The highest BCUT2D eigenvalue weighted by molar-refractivity contribution is 6.00. The largest absolute Gasteiger partial charge is 0.506 e. The van der Waals surface area contributed by atoms with Crippen molar-refractivity contribution in [2.24, 2.45) is 11.3 Å². The van der Waals surface area contributed by atoms with E-state index in [1.165, 1.54) is 12.1 Å². The van der Waals surface area contributed by atoms with E-state index in [1.54, 1.807) is 4.90 Å². The Hall–Kier alpha value is -3.01. The number of phenols is 2. The molecule has 4 bridgehead atoms. The summed E-state index contributed by atoms with van der Waals surface area (Å²) in [6.45, 7) is 2.63. The standard InChI is InChI=1S/C22H26N2O8/c1-21-9-22-8-11(21)7-14(32-21)18(22)24(20(29)31-10-22)6-5-15(26)23-16-13(25)4-3-12(17(16)27)19(28)30-2/h3-4,11,14,18,25,27H,5-10H2,1-2H3,(H,23,26)/t11-,14+,18-,21+,22+/m1/s1. The number of anilines is 1. The zero-order valence-electron chi connectivity index (χ0n) is 17.9. The number of benzene rings is 1. The molecule has 3 heterocycles. The fraction of sp³-hybridized carbons (Fsp3) is 0.591. The minimum atomic E-state index is -0.806. The Morgan fingerprint density at radius 3 is 2.84 bits per heavy atom. The number of carbonyl (C=O) groups excluding carboxylic acids is 3. The maximum Gasteiger partial charge on any atom is 0.410 e. The van der Waals surface area contributed by atoms with Gasteiger partial charge in [-0.25, -0.2) is 9.59 Å². The first-order valence-corrected chi connectivity index (χ1v) is 10.7. The van der Waals surface area contributed by atoms with Crippen molar-refractivity contribution in [3.63, 3.8) is 0 Å². The number of carbonyl (C=O) groups is 3. The van der Waals surface area contributed by atoms with Crippen molar-refractivity contribution in [1.29, 1.82) is 0 Å². The van der Waals surface area contributed by atoms with Crippen molar-refractivity contribution in [3.8, 4) is 11.5 Å². The Kier molecular flexibility index (Phi) is 4.56. The molecule has 1 aromatic rings. The summed E-state index contributed by atoms with van der Waals surface area (Å²) in [5.41, 5.74) is -0.778. The van der Waals surface area contributed by atoms with Crippen LogP contribution in [0.3, 0.4) is 0 Å². The predicted molar refractivity (Wildman–Crippen MR) is 109 cm³/mol. The molecule has 0 unspecified atom stereocenters. The van der Waals surface area contributed by atoms with Gasteiger partial charge in [-0.1, -0.05) is 0 Å². The summed E-state index contributed by atoms with van der Waals surface area (Å²) in [6.07, 6.45) is 2.08. The number of esters is 1. The van der Waals surface area contributed by atoms with Gasteiger partial charge in [-0.15, -0.1) is 0 Å². The number of nitrogens with zero attached hydrogens (tertiary/aromatic N) is 1. The van der Waals surface area contributed by atoms with Crippen LogP contribution in [0.4, 0.5) is 10.5 Å². The molecule has 10 nitrogen and oxygen atoms in total. The van der Waals surface area contributed by atoms with Gasteiger partial charge in [0.25, 0.3) is 0 Å². The highest BCUT2D eigenvalue weighted by Gasteiger charge is 2.71. The van der Waals surface area contributed by atoms with Crippen LogP contribution in [0.1, 0.15) is 43.0 Å². The lowest BCUT2D eigenvalue weighted by molar-refractivity contribution is -0.171. The van der Waals surface area contributed by atoms with Crippen molar-refractivity contribution >= 4 is 23.7 Å². The summed E-state index contributed by atoms with van der Waals surface area (Å²) in [6, 6.07) is 2.24. The van der Waals surface area contributed by atoms with Crippen LogP contribution in [-0.2, 0) is 19.0 Å². The highest BCUT2D eigenvalue weighted by atomic mass is 16.6. The number of cyclic esters (lactones) is 1. The molecule has 2 aliphatic carbocycles. The fourth-order valence-corrected chi connectivity index (χ4v) is 6.34. The smallest absolute Gasteiger partial charge is 0.410 e. The van der Waals surface area contributed by atoms with Crippen molar-refractivity contribution in [1.82, 2.24) is 4.90 Å². The average molecular weight is 446 g/mol. The van der Waals surface area contributed by atoms with Crippen LogP contribution in [0.2, 0.25) is 0 Å². The number of hydrogen-bond donors (Lipinski definition) is 3. The number of aromatic hydroxyl groups is 2. The number of methoxy groups -OCH3 is 1. The molecule has 1 spiro atoms. The lowest BCUT2D eigenvalue weighted by Crippen LogP contribution is -2.65. The molecular formula is C22H26N2O8. The van der Waals surface area contributed by atoms with Gasteiger partial charge in [-0.05, 0) is 44.2 Å². The number of amides is 2. The maximum absolute atomic E-state index is 12.6. The first-order chi connectivity index (χ1) is 15.2. The number of hydrogen-bond acceptors (Lipinski definition) is 8. The van der Waals surface area contributed by atoms with Crippen molar-refractivity contribution in [2.45, 2.75) is 50.4 Å². The van der Waals surface area contributed by atoms with E-state index in [0.29, 0.717) is 12.5 Å². The summed E-state index contributed by atoms with van der Waals surface area (Å²) in [5, 5.41) is 22.8. The lowest BCUT2D eigenvalue weighted by Gasteiger charge is -2.53. The molecule has 10 heteroatoms. The van der Waals surface area contributed by atoms with E-state index in [9.17, 15) is 24.6 Å². The molecule has 1 aromatic carbocycles. The van der Waals surface area contributed by atoms with Crippen molar-refractivity contribution in [2.75, 3.05) is 25.6 Å². The van der Waals surface area contributed by atoms with Crippen molar-refractivity contribution in [3.05, 3.63) is 17.7 Å². The molecule has 3 N–H and O–H groups in total. The Bertz CT molecular complexity index is 1010. The summed E-state index contributed by atoms with van der Waals surface area (Å²) in [7, 11) is 1.16. The summed E-state index contributed by atoms with van der Waals surface area (Å²) in [4.78, 5) is 38.6. The molecule has 5 atom stereocenters. The van der Waals surface area contributed by atoms with Gasteiger partial charge in [0.05, 0.1) is 24.9 Å². The molecule has 5 fully saturated rings. The summed E-state index contributed by atoms with van der Waals surface area (Å²) >= 11 is 0. The van der Waals surface area contributed by atoms with Gasteiger partial charge in [-0.2, -0.15) is 0 Å². The molecule has 3 aliphatic heterocycles. The second-order valence-electron chi connectivity index (χ2n) is 9.48. The Morgan fingerprint density at radius 1 is 1.34 bits per heavy atom. The number of nitrogens with one attached hydrogen (secondary N) is 1. The number of phenolic OH excluding ortho intramolecular Hbond substituents is 2. The summed E-state index contributed by atoms with van der Waals surface area (Å²) in [5.74, 6) is -1.86. The van der Waals surface area contributed by atoms with E-state index in [-0.39, 0.29) is 47.4 Å². The topological polar surface area (TPSA) is 135 Å². The third-order valence-electron chi connectivity index (χ3n) is 7.60. The van der Waals surface area contributed by atoms with E-state index in [4.69, 9.17) is 9.47 Å². The van der Waals surface area contributed by atoms with Crippen LogP contribution in [0.25, 0.3) is 0 Å². The maximum atomic E-state index is 12.6. The van der Waals surface area contributed by atoms with Crippen LogP contribution >= 0.6 is 0 Å². The normalized spacial score (nSPS) is 34.2. The van der Waals surface area contributed by atoms with Gasteiger partial charge in [0, 0.05) is 18.4 Å². The third kappa shape index (κ3) is 2.92. The first-order valence-electron chi connectivity index (χ1n) is 10.7. The van der Waals surface area contributed by atoms with Crippen LogP contribution < -0.4 is 5.32 Å². The molecule has 2 saturated carbocycles. The Labute approximate surface area is 184 Å². The molecule has 3 saturated heterocycles. The van der Waals surface area contributed by atoms with E-state index >= 15 is 0 Å².